The molecule has 0 radical (unpaired) electrons. The molecule has 5 heteroatoms. The highest BCUT2D eigenvalue weighted by Crippen LogP contribution is 2.77. The van der Waals surface area contributed by atoms with Gasteiger partial charge in [0.2, 0.25) is 0 Å². The van der Waals surface area contributed by atoms with Gasteiger partial charge in [-0.2, -0.15) is 0 Å². The highest BCUT2D eigenvalue weighted by Gasteiger charge is 2.53. The summed E-state index contributed by atoms with van der Waals surface area (Å²) < 4.78 is 26.9. The van der Waals surface area contributed by atoms with Gasteiger partial charge in [-0.25, -0.2) is 0 Å². The average Bonchev–Trinajstić information content (AvgIpc) is 2.96. The van der Waals surface area contributed by atoms with Crippen molar-refractivity contribution in [3.05, 3.63) is 0 Å². The molecule has 0 aliphatic heterocycles. The van der Waals surface area contributed by atoms with Crippen molar-refractivity contribution in [2.24, 2.45) is 0 Å². The lowest BCUT2D eigenvalue weighted by Crippen LogP contribution is -2.27. The van der Waals surface area contributed by atoms with Crippen molar-refractivity contribution in [1.29, 1.82) is 0 Å². The molecular formula is C38H81O3P2+. The third-order valence-electron chi connectivity index (χ3n) is 9.87. The second kappa shape index (κ2) is 28.8. The van der Waals surface area contributed by atoms with Crippen LogP contribution in [0.1, 0.15) is 209 Å². The van der Waals surface area contributed by atoms with Gasteiger partial charge in [0.25, 0.3) is 0 Å². The lowest BCUT2D eigenvalue weighted by Gasteiger charge is -2.39. The summed E-state index contributed by atoms with van der Waals surface area (Å²) in [4.78, 5) is 0. The fraction of sp³-hybridized carbons (Fsp3) is 1.00. The van der Waals surface area contributed by atoms with Crippen LogP contribution in [0.4, 0.5) is 0 Å². The first-order valence-corrected chi connectivity index (χ1v) is 23.3. The van der Waals surface area contributed by atoms with Crippen LogP contribution in [-0.4, -0.2) is 36.1 Å². The SMILES string of the molecule is CCCCCCCCCCCCCCOP(=O)(C[P+](C(C)C)(C(C)C)C(C)C)OCCCCCCCCCCCCCC. The molecule has 0 aliphatic carbocycles. The van der Waals surface area contributed by atoms with Crippen molar-refractivity contribution in [2.45, 2.75) is 226 Å². The molecule has 0 aromatic carbocycles. The van der Waals surface area contributed by atoms with Crippen LogP contribution in [-0.2, 0) is 13.6 Å². The van der Waals surface area contributed by atoms with Gasteiger partial charge in [-0.3, -0.25) is 4.57 Å². The van der Waals surface area contributed by atoms with Gasteiger partial charge in [-0.15, -0.1) is 0 Å². The summed E-state index contributed by atoms with van der Waals surface area (Å²) in [5.41, 5.74) is 1.60. The van der Waals surface area contributed by atoms with Gasteiger partial charge in [0.05, 0.1) is 30.2 Å². The smallest absolute Gasteiger partial charge is 0.306 e. The Bertz CT molecular complexity index is 579. The summed E-state index contributed by atoms with van der Waals surface area (Å²) in [5.74, 6) is 0.656. The molecule has 0 saturated heterocycles. The Morgan fingerprint density at radius 1 is 0.419 bits per heavy atom. The van der Waals surface area contributed by atoms with Crippen LogP contribution in [0.3, 0.4) is 0 Å². The van der Waals surface area contributed by atoms with Crippen LogP contribution in [0.2, 0.25) is 0 Å². The zero-order valence-electron chi connectivity index (χ0n) is 30.9. The molecule has 0 saturated carbocycles. The molecule has 43 heavy (non-hydrogen) atoms. The van der Waals surface area contributed by atoms with Crippen molar-refractivity contribution < 1.29 is 13.6 Å². The predicted octanol–water partition coefficient (Wildman–Crippen LogP) is 14.8. The van der Waals surface area contributed by atoms with Gasteiger partial charge >= 0.3 is 7.60 Å². The van der Waals surface area contributed by atoms with E-state index in [4.69, 9.17) is 9.05 Å². The van der Waals surface area contributed by atoms with Crippen molar-refractivity contribution in [3.63, 3.8) is 0 Å². The van der Waals surface area contributed by atoms with Gasteiger partial charge in [0.1, 0.15) is 0 Å². The summed E-state index contributed by atoms with van der Waals surface area (Å²) in [6.07, 6.45) is 31.8. The molecule has 0 rings (SSSR count). The Labute approximate surface area is 273 Å². The van der Waals surface area contributed by atoms with E-state index in [1.807, 2.05) is 0 Å². The molecular weight excluding hydrogens is 566 g/mol. The maximum Gasteiger partial charge on any atom is 0.367 e. The molecule has 3 nitrogen and oxygen atoms in total. The summed E-state index contributed by atoms with van der Waals surface area (Å²) in [6.45, 7) is 19.8. The topological polar surface area (TPSA) is 35.5 Å². The molecule has 0 N–H and O–H groups in total. The highest BCUT2D eigenvalue weighted by molar-refractivity contribution is 7.86. The van der Waals surface area contributed by atoms with E-state index in [-0.39, 0.29) is 0 Å². The standard InChI is InChI=1S/C38H81O3P2/c1-9-11-13-15-17-19-21-23-25-27-29-31-33-40-43(39,35-42(36(3)4,37(5)6)38(7)8)41-34-32-30-28-26-24-22-20-18-16-14-12-10-2/h36-38H,9-35H2,1-8H3/q+1. The van der Waals surface area contributed by atoms with Crippen molar-refractivity contribution in [3.8, 4) is 0 Å². The molecule has 0 aliphatic rings. The maximum atomic E-state index is 14.3. The molecule has 0 amide bonds. The Hall–Kier alpha value is 0.580. The van der Waals surface area contributed by atoms with Crippen molar-refractivity contribution >= 4 is 14.9 Å². The second-order valence-electron chi connectivity index (χ2n) is 14.5. The van der Waals surface area contributed by atoms with Gasteiger partial charge < -0.3 is 9.05 Å². The first-order valence-electron chi connectivity index (χ1n) is 19.4. The van der Waals surface area contributed by atoms with E-state index in [1.54, 1.807) is 0 Å². The Morgan fingerprint density at radius 3 is 0.884 bits per heavy atom. The Morgan fingerprint density at radius 2 is 0.651 bits per heavy atom. The normalized spacial score (nSPS) is 12.8. The summed E-state index contributed by atoms with van der Waals surface area (Å²) in [5, 5.41) is 0. The van der Waals surface area contributed by atoms with Crippen molar-refractivity contribution in [2.75, 3.05) is 19.1 Å². The number of hydrogen-bond acceptors (Lipinski definition) is 3. The first kappa shape index (κ1) is 43.6. The minimum atomic E-state index is -3.12. The van der Waals surface area contributed by atoms with Gasteiger partial charge in [-0.1, -0.05) is 155 Å². The molecule has 0 atom stereocenters. The third kappa shape index (κ3) is 21.9. The van der Waals surface area contributed by atoms with E-state index < -0.39 is 14.9 Å². The summed E-state index contributed by atoms with van der Waals surface area (Å²) in [6, 6.07) is 0. The fourth-order valence-corrected chi connectivity index (χ4v) is 18.4. The molecule has 0 spiro atoms. The second-order valence-corrected chi connectivity index (χ2v) is 22.4. The number of hydrogen-bond donors (Lipinski definition) is 0. The first-order chi connectivity index (χ1) is 20.7. The number of rotatable bonds is 33. The van der Waals surface area contributed by atoms with E-state index in [0.29, 0.717) is 36.1 Å². The van der Waals surface area contributed by atoms with E-state index in [0.717, 1.165) is 12.8 Å². The molecule has 0 aromatic heterocycles. The minimum absolute atomic E-state index is 0.534. The zero-order chi connectivity index (χ0) is 32.2. The Balaban J connectivity index is 4.53. The van der Waals surface area contributed by atoms with Crippen LogP contribution in [0.25, 0.3) is 0 Å². The number of unbranched alkanes of at least 4 members (excludes halogenated alkanes) is 22. The van der Waals surface area contributed by atoms with Gasteiger partial charge in [0, 0.05) is 7.26 Å². The minimum Gasteiger partial charge on any atom is -0.306 e. The summed E-state index contributed by atoms with van der Waals surface area (Å²) >= 11 is 0. The van der Waals surface area contributed by atoms with Crippen LogP contribution >= 0.6 is 14.9 Å². The van der Waals surface area contributed by atoms with E-state index >= 15 is 0 Å². The Kier molecular flexibility index (Phi) is 29.2. The fourth-order valence-electron chi connectivity index (χ4n) is 6.99. The van der Waals surface area contributed by atoms with E-state index in [1.165, 1.54) is 141 Å². The maximum absolute atomic E-state index is 14.3. The monoisotopic (exact) mass is 648 g/mol. The van der Waals surface area contributed by atoms with Crippen LogP contribution in [0.5, 0.6) is 0 Å². The molecule has 260 valence electrons. The van der Waals surface area contributed by atoms with E-state index in [9.17, 15) is 4.57 Å². The van der Waals surface area contributed by atoms with Crippen LogP contribution in [0, 0.1) is 0 Å². The molecule has 0 fully saturated rings. The quantitative estimate of drug-likeness (QED) is 0.0525. The highest BCUT2D eigenvalue weighted by atomic mass is 31.2. The van der Waals surface area contributed by atoms with E-state index in [2.05, 4.69) is 55.4 Å². The average molecular weight is 648 g/mol. The molecule has 0 heterocycles. The molecule has 0 aromatic rings. The van der Waals surface area contributed by atoms with Crippen LogP contribution in [0.15, 0.2) is 0 Å². The van der Waals surface area contributed by atoms with Crippen LogP contribution < -0.4 is 0 Å². The molecule has 0 bridgehead atoms. The largest absolute Gasteiger partial charge is 0.367 e. The third-order valence-corrected chi connectivity index (χ3v) is 20.1. The van der Waals surface area contributed by atoms with Gasteiger partial charge in [-0.05, 0) is 54.4 Å². The predicted molar refractivity (Wildman–Crippen MR) is 199 cm³/mol. The van der Waals surface area contributed by atoms with Crippen molar-refractivity contribution in [1.82, 2.24) is 0 Å². The lowest BCUT2D eigenvalue weighted by atomic mass is 10.1. The summed E-state index contributed by atoms with van der Waals surface area (Å²) in [7, 11) is -4.64. The van der Waals surface area contributed by atoms with Gasteiger partial charge in [0.15, 0.2) is 5.90 Å². The lowest BCUT2D eigenvalue weighted by molar-refractivity contribution is 0.200. The molecule has 0 unspecified atom stereocenters. The zero-order valence-corrected chi connectivity index (χ0v) is 32.7.